The van der Waals surface area contributed by atoms with Gasteiger partial charge in [-0.05, 0) is 43.7 Å². The van der Waals surface area contributed by atoms with Gasteiger partial charge in [0.2, 0.25) is 5.91 Å². The number of amides is 1. The zero-order valence-electron chi connectivity index (χ0n) is 12.4. The largest absolute Gasteiger partial charge is 0.481 e. The highest BCUT2D eigenvalue weighted by molar-refractivity contribution is 5.86. The zero-order valence-corrected chi connectivity index (χ0v) is 12.4. The lowest BCUT2D eigenvalue weighted by atomic mass is 9.92. The SMILES string of the molecule is O=C(O)[C@@H]1CCCN(C(=O)C2(Cc3ccccc3F)CC2)C1. The highest BCUT2D eigenvalue weighted by atomic mass is 19.1. The van der Waals surface area contributed by atoms with Crippen LogP contribution >= 0.6 is 0 Å². The number of nitrogens with zero attached hydrogens (tertiary/aromatic N) is 1. The van der Waals surface area contributed by atoms with Crippen molar-refractivity contribution in [3.05, 3.63) is 35.6 Å². The highest BCUT2D eigenvalue weighted by Gasteiger charge is 2.52. The summed E-state index contributed by atoms with van der Waals surface area (Å²) in [6, 6.07) is 6.55. The number of hydrogen-bond acceptors (Lipinski definition) is 2. The van der Waals surface area contributed by atoms with Crippen molar-refractivity contribution in [3.8, 4) is 0 Å². The number of hydrogen-bond donors (Lipinski definition) is 1. The number of halogens is 1. The van der Waals surface area contributed by atoms with Gasteiger partial charge in [-0.25, -0.2) is 4.39 Å². The van der Waals surface area contributed by atoms with Gasteiger partial charge in [0.15, 0.2) is 0 Å². The molecule has 118 valence electrons. The Morgan fingerprint density at radius 2 is 2.05 bits per heavy atom. The standard InChI is InChI=1S/C17H20FNO3/c18-14-6-2-1-4-12(14)10-17(7-8-17)16(22)19-9-3-5-13(11-19)15(20)21/h1-2,4,6,13H,3,5,7-11H2,(H,20,21)/t13-/m1/s1. The van der Waals surface area contributed by atoms with Gasteiger partial charge >= 0.3 is 5.97 Å². The quantitative estimate of drug-likeness (QED) is 0.929. The number of carboxylic acids is 1. The minimum Gasteiger partial charge on any atom is -0.481 e. The molecular formula is C17H20FNO3. The average molecular weight is 305 g/mol. The Balaban J connectivity index is 1.71. The highest BCUT2D eigenvalue weighted by Crippen LogP contribution is 2.50. The van der Waals surface area contributed by atoms with Crippen LogP contribution in [0.5, 0.6) is 0 Å². The number of rotatable bonds is 4. The van der Waals surface area contributed by atoms with Gasteiger partial charge in [-0.3, -0.25) is 9.59 Å². The summed E-state index contributed by atoms with van der Waals surface area (Å²) < 4.78 is 13.8. The number of piperidine rings is 1. The molecule has 0 aromatic heterocycles. The fraction of sp³-hybridized carbons (Fsp3) is 0.529. The number of carboxylic acid groups (broad SMARTS) is 1. The van der Waals surface area contributed by atoms with E-state index in [4.69, 9.17) is 5.11 Å². The maximum absolute atomic E-state index is 13.8. The predicted molar refractivity (Wildman–Crippen MR) is 78.7 cm³/mol. The Labute approximate surface area is 128 Å². The van der Waals surface area contributed by atoms with Crippen LogP contribution < -0.4 is 0 Å². The van der Waals surface area contributed by atoms with Crippen molar-refractivity contribution in [2.24, 2.45) is 11.3 Å². The molecule has 1 saturated heterocycles. The van der Waals surface area contributed by atoms with Crippen molar-refractivity contribution in [2.75, 3.05) is 13.1 Å². The molecule has 1 aromatic carbocycles. The van der Waals surface area contributed by atoms with E-state index in [1.807, 2.05) is 0 Å². The fourth-order valence-corrected chi connectivity index (χ4v) is 3.32. The topological polar surface area (TPSA) is 57.6 Å². The van der Waals surface area contributed by atoms with Gasteiger partial charge in [-0.15, -0.1) is 0 Å². The summed E-state index contributed by atoms with van der Waals surface area (Å²) in [7, 11) is 0. The Bertz CT molecular complexity index is 597. The van der Waals surface area contributed by atoms with Crippen molar-refractivity contribution in [1.82, 2.24) is 4.90 Å². The minimum absolute atomic E-state index is 0.00158. The van der Waals surface area contributed by atoms with Gasteiger partial charge in [0.05, 0.1) is 11.3 Å². The molecule has 1 heterocycles. The molecule has 1 saturated carbocycles. The van der Waals surface area contributed by atoms with Crippen LogP contribution in [0.2, 0.25) is 0 Å². The number of likely N-dealkylation sites (tertiary alicyclic amines) is 1. The lowest BCUT2D eigenvalue weighted by Gasteiger charge is -2.33. The van der Waals surface area contributed by atoms with Crippen molar-refractivity contribution in [1.29, 1.82) is 0 Å². The summed E-state index contributed by atoms with van der Waals surface area (Å²) in [6.45, 7) is 0.898. The second-order valence-electron chi connectivity index (χ2n) is 6.48. The third-order valence-electron chi connectivity index (χ3n) is 4.85. The van der Waals surface area contributed by atoms with Crippen LogP contribution in [0.4, 0.5) is 4.39 Å². The van der Waals surface area contributed by atoms with Gasteiger partial charge in [-0.1, -0.05) is 18.2 Å². The molecule has 1 aliphatic heterocycles. The minimum atomic E-state index is -0.837. The first-order valence-corrected chi connectivity index (χ1v) is 7.77. The summed E-state index contributed by atoms with van der Waals surface area (Å²) >= 11 is 0. The third kappa shape index (κ3) is 2.85. The van der Waals surface area contributed by atoms with E-state index in [0.717, 1.165) is 19.3 Å². The maximum atomic E-state index is 13.8. The predicted octanol–water partition coefficient (Wildman–Crippen LogP) is 2.47. The van der Waals surface area contributed by atoms with Crippen LogP contribution in [0.15, 0.2) is 24.3 Å². The summed E-state index contributed by atoms with van der Waals surface area (Å²) in [5.74, 6) is -1.58. The van der Waals surface area contributed by atoms with Gasteiger partial charge in [-0.2, -0.15) is 0 Å². The molecule has 0 radical (unpaired) electrons. The summed E-state index contributed by atoms with van der Waals surface area (Å²) in [6.07, 6.45) is 3.27. The Morgan fingerprint density at radius 3 is 2.68 bits per heavy atom. The van der Waals surface area contributed by atoms with Crippen molar-refractivity contribution in [2.45, 2.75) is 32.1 Å². The number of carbonyl (C=O) groups excluding carboxylic acids is 1. The first-order chi connectivity index (χ1) is 10.5. The van der Waals surface area contributed by atoms with E-state index >= 15 is 0 Å². The molecule has 2 aliphatic rings. The molecule has 4 nitrogen and oxygen atoms in total. The molecule has 1 aliphatic carbocycles. The van der Waals surface area contributed by atoms with Crippen molar-refractivity contribution >= 4 is 11.9 Å². The third-order valence-corrected chi connectivity index (χ3v) is 4.85. The number of carbonyl (C=O) groups is 2. The second kappa shape index (κ2) is 5.71. The van der Waals surface area contributed by atoms with Gasteiger partial charge in [0, 0.05) is 13.1 Å². The second-order valence-corrected chi connectivity index (χ2v) is 6.48. The normalized spacial score (nSPS) is 23.1. The average Bonchev–Trinajstić information content (AvgIpc) is 3.30. The monoisotopic (exact) mass is 305 g/mol. The van der Waals surface area contributed by atoms with Crippen molar-refractivity contribution in [3.63, 3.8) is 0 Å². The van der Waals surface area contributed by atoms with E-state index in [1.54, 1.807) is 23.1 Å². The van der Waals surface area contributed by atoms with E-state index in [-0.39, 0.29) is 18.3 Å². The molecular weight excluding hydrogens is 285 g/mol. The van der Waals surface area contributed by atoms with Gasteiger partial charge in [0.1, 0.15) is 5.82 Å². The molecule has 1 atom stereocenters. The number of aliphatic carboxylic acids is 1. The molecule has 1 amide bonds. The fourth-order valence-electron chi connectivity index (χ4n) is 3.32. The molecule has 2 fully saturated rings. The van der Waals surface area contributed by atoms with E-state index in [0.29, 0.717) is 24.9 Å². The zero-order chi connectivity index (χ0) is 15.7. The molecule has 0 bridgehead atoms. The van der Waals surface area contributed by atoms with Crippen LogP contribution in [-0.2, 0) is 16.0 Å². The van der Waals surface area contributed by atoms with E-state index in [9.17, 15) is 14.0 Å². The van der Waals surface area contributed by atoms with Crippen LogP contribution in [-0.4, -0.2) is 35.0 Å². The molecule has 3 rings (SSSR count). The Kier molecular flexibility index (Phi) is 3.89. The Morgan fingerprint density at radius 1 is 1.32 bits per heavy atom. The molecule has 0 spiro atoms. The van der Waals surface area contributed by atoms with Crippen LogP contribution in [0, 0.1) is 17.2 Å². The molecule has 22 heavy (non-hydrogen) atoms. The van der Waals surface area contributed by atoms with Crippen molar-refractivity contribution < 1.29 is 19.1 Å². The van der Waals surface area contributed by atoms with Crippen LogP contribution in [0.1, 0.15) is 31.2 Å². The lowest BCUT2D eigenvalue weighted by molar-refractivity contribution is -0.147. The molecule has 5 heteroatoms. The van der Waals surface area contributed by atoms with E-state index in [2.05, 4.69) is 0 Å². The Hall–Kier alpha value is -1.91. The van der Waals surface area contributed by atoms with Crippen LogP contribution in [0.3, 0.4) is 0 Å². The van der Waals surface area contributed by atoms with E-state index < -0.39 is 17.3 Å². The smallest absolute Gasteiger partial charge is 0.308 e. The van der Waals surface area contributed by atoms with Gasteiger partial charge < -0.3 is 10.0 Å². The summed E-state index contributed by atoms with van der Waals surface area (Å²) in [5.41, 5.74) is 0.0583. The molecule has 0 unspecified atom stereocenters. The van der Waals surface area contributed by atoms with E-state index in [1.165, 1.54) is 6.07 Å². The molecule has 1 aromatic rings. The lowest BCUT2D eigenvalue weighted by Crippen LogP contribution is -2.46. The summed E-state index contributed by atoms with van der Waals surface area (Å²) in [5, 5.41) is 9.14. The van der Waals surface area contributed by atoms with Crippen LogP contribution in [0.25, 0.3) is 0 Å². The first-order valence-electron chi connectivity index (χ1n) is 7.77. The number of benzene rings is 1. The maximum Gasteiger partial charge on any atom is 0.308 e. The molecule has 1 N–H and O–H groups in total. The van der Waals surface area contributed by atoms with Gasteiger partial charge in [0.25, 0.3) is 0 Å². The first kappa shape index (κ1) is 15.0. The summed E-state index contributed by atoms with van der Waals surface area (Å²) in [4.78, 5) is 25.6.